The molecule has 0 aliphatic heterocycles. The molecule has 0 aliphatic carbocycles. The van der Waals surface area contributed by atoms with Crippen molar-refractivity contribution in [3.8, 4) is 0 Å². The van der Waals surface area contributed by atoms with Crippen LogP contribution >= 0.6 is 6.83 Å². The third kappa shape index (κ3) is 4.24. The maximum absolute atomic E-state index is 12.8. The average molecular weight is 370 g/mol. The van der Waals surface area contributed by atoms with Gasteiger partial charge in [0.1, 0.15) is 0 Å². The molecule has 3 heteroatoms. The summed E-state index contributed by atoms with van der Waals surface area (Å²) in [5.41, 5.74) is 1.65. The zero-order valence-corrected chi connectivity index (χ0v) is 17.3. The molecule has 0 atom stereocenters. The molecule has 0 spiro atoms. The summed E-state index contributed by atoms with van der Waals surface area (Å²) in [7, 11) is 0. The van der Waals surface area contributed by atoms with Crippen molar-refractivity contribution >= 4 is 18.4 Å². The van der Waals surface area contributed by atoms with E-state index in [1.807, 2.05) is 60.7 Å². The quantitative estimate of drug-likeness (QED) is 0.219. The Morgan fingerprint density at radius 3 is 1.62 bits per heavy atom. The van der Waals surface area contributed by atoms with Crippen LogP contribution in [0.3, 0.4) is 0 Å². The summed E-state index contributed by atoms with van der Waals surface area (Å²) < 4.78 is 6.87. The predicted octanol–water partition coefficient (Wildman–Crippen LogP) is 6.47. The van der Waals surface area contributed by atoms with Crippen LogP contribution in [-0.2, 0) is 4.52 Å². The van der Waals surface area contributed by atoms with E-state index in [9.17, 15) is 4.79 Å². The van der Waals surface area contributed by atoms with Crippen molar-refractivity contribution < 1.29 is 9.32 Å². The second kappa shape index (κ2) is 8.64. The van der Waals surface area contributed by atoms with Gasteiger partial charge in [-0.2, -0.15) is 0 Å². The Morgan fingerprint density at radius 1 is 0.769 bits per heavy atom. The third-order valence-electron chi connectivity index (χ3n) is 5.94. The van der Waals surface area contributed by atoms with Gasteiger partial charge in [-0.05, 0) is 0 Å². The van der Waals surface area contributed by atoms with Crippen molar-refractivity contribution in [1.29, 1.82) is 0 Å². The summed E-state index contributed by atoms with van der Waals surface area (Å²) >= 11 is 0. The van der Waals surface area contributed by atoms with Gasteiger partial charge in [-0.15, -0.1) is 0 Å². The van der Waals surface area contributed by atoms with Crippen LogP contribution in [0.4, 0.5) is 0 Å². The summed E-state index contributed by atoms with van der Waals surface area (Å²) in [6.07, 6.45) is 5.79. The minimum absolute atomic E-state index is 0.0134. The van der Waals surface area contributed by atoms with Crippen molar-refractivity contribution in [3.05, 3.63) is 77.9 Å². The maximum atomic E-state index is 12.8. The van der Waals surface area contributed by atoms with Crippen molar-refractivity contribution in [2.45, 2.75) is 27.7 Å². The van der Waals surface area contributed by atoms with E-state index in [1.54, 1.807) is 6.08 Å². The fraction of sp³-hybridized carbons (Fsp3) is 0.348. The number of carbonyl (C=O) groups excluding carboxylic acids is 1. The van der Waals surface area contributed by atoms with Crippen LogP contribution in [-0.4, -0.2) is 30.4 Å². The molecule has 2 nitrogen and oxygen atoms in total. The molecule has 2 aromatic carbocycles. The van der Waals surface area contributed by atoms with E-state index in [-0.39, 0.29) is 5.78 Å². The number of hydrogen-bond donors (Lipinski definition) is 0. The van der Waals surface area contributed by atoms with Crippen molar-refractivity contribution in [3.63, 3.8) is 0 Å². The summed E-state index contributed by atoms with van der Waals surface area (Å²) in [6, 6.07) is 19.4. The molecule has 0 aromatic heterocycles. The van der Waals surface area contributed by atoms with Crippen LogP contribution in [0.1, 0.15) is 43.6 Å². The Kier molecular flexibility index (Phi) is 6.78. The number of rotatable bonds is 9. The summed E-state index contributed by atoms with van der Waals surface area (Å²) in [6.45, 7) is 6.57. The van der Waals surface area contributed by atoms with Crippen molar-refractivity contribution in [2.75, 3.05) is 24.6 Å². The Bertz CT molecular complexity index is 723. The zero-order chi connectivity index (χ0) is 19.1. The molecule has 0 saturated heterocycles. The second-order valence-corrected chi connectivity index (χ2v) is 13.2. The van der Waals surface area contributed by atoms with Gasteiger partial charge in [-0.3, -0.25) is 0 Å². The first-order valence-electron chi connectivity index (χ1n) is 9.58. The monoisotopic (exact) mass is 370 g/mol. The molecule has 2 aromatic rings. The summed E-state index contributed by atoms with van der Waals surface area (Å²) in [4.78, 5) is 12.8. The van der Waals surface area contributed by atoms with Crippen LogP contribution in [0.15, 0.2) is 66.7 Å². The standard InChI is InChI=1S/C23H31O2P/c1-5-26(6-2,7-3,8-4)25-23(21-17-13-10-14-18-21)19-22(24)20-15-11-9-12-16-20/h9-19H,5-8H2,1-4H3/b23-19-. The number of allylic oxidation sites excluding steroid dienone is 1. The van der Waals surface area contributed by atoms with Crippen LogP contribution in [0.5, 0.6) is 0 Å². The first-order chi connectivity index (χ1) is 12.5. The Labute approximate surface area is 158 Å². The van der Waals surface area contributed by atoms with Gasteiger partial charge in [0.25, 0.3) is 0 Å². The molecule has 0 saturated carbocycles. The van der Waals surface area contributed by atoms with Gasteiger partial charge < -0.3 is 0 Å². The van der Waals surface area contributed by atoms with Crippen LogP contribution in [0.25, 0.3) is 5.76 Å². The molecule has 0 fully saturated rings. The molecule has 0 heterocycles. The predicted molar refractivity (Wildman–Crippen MR) is 115 cm³/mol. The number of benzene rings is 2. The molecule has 0 N–H and O–H groups in total. The molecule has 26 heavy (non-hydrogen) atoms. The number of carbonyl (C=O) groups is 1. The topological polar surface area (TPSA) is 26.3 Å². The van der Waals surface area contributed by atoms with Crippen molar-refractivity contribution in [2.24, 2.45) is 0 Å². The van der Waals surface area contributed by atoms with E-state index in [4.69, 9.17) is 4.52 Å². The van der Waals surface area contributed by atoms with Crippen LogP contribution in [0.2, 0.25) is 0 Å². The van der Waals surface area contributed by atoms with Gasteiger partial charge in [0.05, 0.1) is 0 Å². The minimum atomic E-state index is -2.36. The fourth-order valence-electron chi connectivity index (χ4n) is 3.45. The Hall–Kier alpha value is -1.92. The van der Waals surface area contributed by atoms with Gasteiger partial charge in [0.15, 0.2) is 0 Å². The molecule has 2 rings (SSSR count). The van der Waals surface area contributed by atoms with Crippen LogP contribution < -0.4 is 0 Å². The molecule has 0 bridgehead atoms. The summed E-state index contributed by atoms with van der Waals surface area (Å²) in [5.74, 6) is 0.699. The third-order valence-corrected chi connectivity index (χ3v) is 13.0. The molecule has 0 amide bonds. The van der Waals surface area contributed by atoms with Gasteiger partial charge in [0.2, 0.25) is 0 Å². The zero-order valence-electron chi connectivity index (χ0n) is 16.4. The van der Waals surface area contributed by atoms with E-state index in [0.29, 0.717) is 11.3 Å². The average Bonchev–Trinajstić information content (AvgIpc) is 2.73. The van der Waals surface area contributed by atoms with Gasteiger partial charge in [-0.1, -0.05) is 0 Å². The normalized spacial score (nSPS) is 13.7. The van der Waals surface area contributed by atoms with E-state index in [0.717, 1.165) is 30.2 Å². The Morgan fingerprint density at radius 2 is 1.19 bits per heavy atom. The Balaban J connectivity index is 2.52. The molecular weight excluding hydrogens is 339 g/mol. The molecule has 0 radical (unpaired) electrons. The second-order valence-electron chi connectivity index (χ2n) is 6.82. The first kappa shape index (κ1) is 20.4. The molecule has 0 unspecified atom stereocenters. The fourth-order valence-corrected chi connectivity index (χ4v) is 7.36. The van der Waals surface area contributed by atoms with Gasteiger partial charge in [0, 0.05) is 0 Å². The first-order valence-corrected chi connectivity index (χ1v) is 12.5. The van der Waals surface area contributed by atoms with Crippen LogP contribution in [0, 0.1) is 0 Å². The van der Waals surface area contributed by atoms with E-state index < -0.39 is 6.83 Å². The van der Waals surface area contributed by atoms with Gasteiger partial charge >= 0.3 is 158 Å². The van der Waals surface area contributed by atoms with Crippen molar-refractivity contribution in [1.82, 2.24) is 0 Å². The number of ketones is 1. The molecular formula is C23H31O2P. The van der Waals surface area contributed by atoms with Gasteiger partial charge in [-0.25, -0.2) is 0 Å². The summed E-state index contributed by atoms with van der Waals surface area (Å²) in [5, 5.41) is 0. The molecule has 140 valence electrons. The SMILES string of the molecule is CCP(CC)(CC)(CC)O/C(=C\C(=O)c1ccccc1)c1ccccc1. The molecule has 0 aliphatic rings. The van der Waals surface area contributed by atoms with E-state index in [2.05, 4.69) is 27.7 Å². The van der Waals surface area contributed by atoms with E-state index in [1.165, 1.54) is 0 Å². The van der Waals surface area contributed by atoms with E-state index >= 15 is 0 Å². The number of hydrogen-bond acceptors (Lipinski definition) is 2.